The van der Waals surface area contributed by atoms with Crippen molar-refractivity contribution in [2.24, 2.45) is 5.10 Å². The number of hydrogen-bond donors (Lipinski definition) is 0. The Bertz CT molecular complexity index is 874. The molecule has 0 bridgehead atoms. The van der Waals surface area contributed by atoms with Crippen LogP contribution in [0, 0.1) is 0 Å². The lowest BCUT2D eigenvalue weighted by molar-refractivity contribution is -0.134. The molecule has 2 aliphatic rings. The lowest BCUT2D eigenvalue weighted by Crippen LogP contribution is -2.51. The molecular formula is C22H24N4O2. The lowest BCUT2D eigenvalue weighted by Gasteiger charge is -2.34. The van der Waals surface area contributed by atoms with E-state index in [0.717, 1.165) is 11.3 Å². The largest absolute Gasteiger partial charge is 0.339 e. The standard InChI is InChI=1S/C22H24N4O2/c1-17(27)24-12-14-25(15-13-24)22(28)20-16-21(18-8-4-2-5-9-18)26(23-20)19-10-6-3-7-11-19/h2-11,21H,12-16H2,1H3. The van der Waals surface area contributed by atoms with Gasteiger partial charge in [-0.05, 0) is 17.7 Å². The number of carbonyl (C=O) groups excluding carboxylic acids is 2. The molecule has 2 aromatic carbocycles. The van der Waals surface area contributed by atoms with E-state index in [2.05, 4.69) is 12.1 Å². The number of rotatable bonds is 3. The van der Waals surface area contributed by atoms with E-state index in [9.17, 15) is 9.59 Å². The minimum Gasteiger partial charge on any atom is -0.339 e. The van der Waals surface area contributed by atoms with E-state index in [1.165, 1.54) is 0 Å². The first-order valence-corrected chi connectivity index (χ1v) is 9.65. The molecular weight excluding hydrogens is 352 g/mol. The summed E-state index contributed by atoms with van der Waals surface area (Å²) in [4.78, 5) is 28.2. The highest BCUT2D eigenvalue weighted by molar-refractivity contribution is 6.39. The van der Waals surface area contributed by atoms with E-state index in [0.29, 0.717) is 38.3 Å². The van der Waals surface area contributed by atoms with E-state index in [1.807, 2.05) is 58.4 Å². The van der Waals surface area contributed by atoms with Crippen molar-refractivity contribution in [1.82, 2.24) is 9.80 Å². The van der Waals surface area contributed by atoms with E-state index in [-0.39, 0.29) is 17.9 Å². The zero-order chi connectivity index (χ0) is 19.5. The molecule has 0 saturated carbocycles. The molecule has 2 heterocycles. The van der Waals surface area contributed by atoms with Gasteiger partial charge in [-0.2, -0.15) is 5.10 Å². The molecule has 0 spiro atoms. The minimum absolute atomic E-state index is 0.000980. The Labute approximate surface area is 165 Å². The van der Waals surface area contributed by atoms with Crippen LogP contribution < -0.4 is 5.01 Å². The van der Waals surface area contributed by atoms with Gasteiger partial charge in [0, 0.05) is 39.5 Å². The molecule has 144 valence electrons. The molecule has 1 unspecified atom stereocenters. The van der Waals surface area contributed by atoms with Gasteiger partial charge in [0.2, 0.25) is 5.91 Å². The summed E-state index contributed by atoms with van der Waals surface area (Å²) >= 11 is 0. The Morgan fingerprint density at radius 3 is 2.04 bits per heavy atom. The number of carbonyl (C=O) groups is 2. The summed E-state index contributed by atoms with van der Waals surface area (Å²) in [5.74, 6) is 0.0345. The molecule has 4 rings (SSSR count). The number of para-hydroxylation sites is 1. The van der Waals surface area contributed by atoms with Crippen LogP contribution in [0.5, 0.6) is 0 Å². The Kier molecular flexibility index (Phi) is 5.10. The van der Waals surface area contributed by atoms with Gasteiger partial charge in [-0.3, -0.25) is 14.6 Å². The van der Waals surface area contributed by atoms with Gasteiger partial charge in [-0.1, -0.05) is 48.5 Å². The summed E-state index contributed by atoms with van der Waals surface area (Å²) < 4.78 is 0. The van der Waals surface area contributed by atoms with Gasteiger partial charge in [0.1, 0.15) is 5.71 Å². The fourth-order valence-corrected chi connectivity index (χ4v) is 3.80. The van der Waals surface area contributed by atoms with Crippen molar-refractivity contribution in [2.45, 2.75) is 19.4 Å². The third kappa shape index (κ3) is 3.63. The quantitative estimate of drug-likeness (QED) is 0.828. The van der Waals surface area contributed by atoms with Crippen LogP contribution in [0.4, 0.5) is 5.69 Å². The molecule has 6 nitrogen and oxygen atoms in total. The highest BCUT2D eigenvalue weighted by atomic mass is 16.2. The maximum Gasteiger partial charge on any atom is 0.270 e. The summed E-state index contributed by atoms with van der Waals surface area (Å²) in [5.41, 5.74) is 2.69. The topological polar surface area (TPSA) is 56.2 Å². The summed E-state index contributed by atoms with van der Waals surface area (Å²) in [7, 11) is 0. The van der Waals surface area contributed by atoms with Gasteiger partial charge in [0.15, 0.2) is 0 Å². The number of benzene rings is 2. The predicted molar refractivity (Wildman–Crippen MR) is 109 cm³/mol. The van der Waals surface area contributed by atoms with Crippen molar-refractivity contribution in [3.63, 3.8) is 0 Å². The minimum atomic E-state index is -0.0254. The lowest BCUT2D eigenvalue weighted by atomic mass is 10.0. The molecule has 0 aliphatic carbocycles. The first-order valence-electron chi connectivity index (χ1n) is 9.65. The van der Waals surface area contributed by atoms with Crippen molar-refractivity contribution < 1.29 is 9.59 Å². The van der Waals surface area contributed by atoms with Crippen LogP contribution in [-0.2, 0) is 9.59 Å². The molecule has 1 fully saturated rings. The van der Waals surface area contributed by atoms with Crippen LogP contribution in [0.15, 0.2) is 65.8 Å². The average molecular weight is 376 g/mol. The molecule has 28 heavy (non-hydrogen) atoms. The Morgan fingerprint density at radius 2 is 1.43 bits per heavy atom. The van der Waals surface area contributed by atoms with Gasteiger partial charge < -0.3 is 9.80 Å². The zero-order valence-corrected chi connectivity index (χ0v) is 16.0. The van der Waals surface area contributed by atoms with Gasteiger partial charge in [-0.15, -0.1) is 0 Å². The van der Waals surface area contributed by atoms with Crippen molar-refractivity contribution in [3.8, 4) is 0 Å². The molecule has 0 N–H and O–H groups in total. The van der Waals surface area contributed by atoms with E-state index in [4.69, 9.17) is 5.10 Å². The van der Waals surface area contributed by atoms with Crippen molar-refractivity contribution in [3.05, 3.63) is 66.2 Å². The number of amides is 2. The first kappa shape index (κ1) is 18.2. The molecule has 1 saturated heterocycles. The van der Waals surface area contributed by atoms with E-state index < -0.39 is 0 Å². The second-order valence-corrected chi connectivity index (χ2v) is 7.16. The summed E-state index contributed by atoms with van der Waals surface area (Å²) in [6.07, 6.45) is 0.574. The molecule has 2 aromatic rings. The molecule has 2 amide bonds. The molecule has 6 heteroatoms. The molecule has 0 aromatic heterocycles. The van der Waals surface area contributed by atoms with Crippen LogP contribution in [0.3, 0.4) is 0 Å². The monoisotopic (exact) mass is 376 g/mol. The number of hydrogen-bond acceptors (Lipinski definition) is 4. The SMILES string of the molecule is CC(=O)N1CCN(C(=O)C2=NN(c3ccccc3)C(c3ccccc3)C2)CC1. The van der Waals surface area contributed by atoms with Gasteiger partial charge in [0.05, 0.1) is 11.7 Å². The average Bonchev–Trinajstić information content (AvgIpc) is 3.20. The van der Waals surface area contributed by atoms with Gasteiger partial charge >= 0.3 is 0 Å². The fourth-order valence-electron chi connectivity index (χ4n) is 3.80. The van der Waals surface area contributed by atoms with Crippen LogP contribution in [-0.4, -0.2) is 53.5 Å². The van der Waals surface area contributed by atoms with Crippen LogP contribution >= 0.6 is 0 Å². The van der Waals surface area contributed by atoms with Gasteiger partial charge in [0.25, 0.3) is 5.91 Å². The maximum absolute atomic E-state index is 13.1. The van der Waals surface area contributed by atoms with Crippen molar-refractivity contribution in [2.75, 3.05) is 31.2 Å². The second-order valence-electron chi connectivity index (χ2n) is 7.16. The molecule has 1 atom stereocenters. The van der Waals surface area contributed by atoms with Crippen molar-refractivity contribution in [1.29, 1.82) is 0 Å². The number of piperazine rings is 1. The van der Waals surface area contributed by atoms with Crippen LogP contribution in [0.2, 0.25) is 0 Å². The maximum atomic E-state index is 13.1. The second kappa shape index (κ2) is 7.84. The third-order valence-corrected chi connectivity index (χ3v) is 5.37. The zero-order valence-electron chi connectivity index (χ0n) is 16.0. The smallest absolute Gasteiger partial charge is 0.270 e. The highest BCUT2D eigenvalue weighted by Gasteiger charge is 2.35. The first-order chi connectivity index (χ1) is 13.6. The summed E-state index contributed by atoms with van der Waals surface area (Å²) in [5, 5.41) is 6.68. The van der Waals surface area contributed by atoms with Crippen LogP contribution in [0.25, 0.3) is 0 Å². The van der Waals surface area contributed by atoms with Crippen LogP contribution in [0.1, 0.15) is 24.9 Å². The predicted octanol–water partition coefficient (Wildman–Crippen LogP) is 2.68. The number of anilines is 1. The van der Waals surface area contributed by atoms with Gasteiger partial charge in [-0.25, -0.2) is 0 Å². The highest BCUT2D eigenvalue weighted by Crippen LogP contribution is 2.35. The number of hydrazone groups is 1. The fraction of sp³-hybridized carbons (Fsp3) is 0.318. The summed E-state index contributed by atoms with van der Waals surface area (Å²) in [6.45, 7) is 3.84. The van der Waals surface area contributed by atoms with E-state index in [1.54, 1.807) is 11.8 Å². The molecule has 0 radical (unpaired) electrons. The third-order valence-electron chi connectivity index (χ3n) is 5.37. The Hall–Kier alpha value is -3.15. The Morgan fingerprint density at radius 1 is 0.857 bits per heavy atom. The Balaban J connectivity index is 1.56. The molecule has 2 aliphatic heterocycles. The number of nitrogens with zero attached hydrogens (tertiary/aromatic N) is 4. The van der Waals surface area contributed by atoms with Crippen molar-refractivity contribution >= 4 is 23.2 Å². The summed E-state index contributed by atoms with van der Waals surface area (Å²) in [6, 6.07) is 20.1. The normalized spacial score (nSPS) is 19.5. The van der Waals surface area contributed by atoms with E-state index >= 15 is 0 Å².